The van der Waals surface area contributed by atoms with E-state index in [0.29, 0.717) is 6.42 Å². The third-order valence-electron chi connectivity index (χ3n) is 5.14. The van der Waals surface area contributed by atoms with Gasteiger partial charge < -0.3 is 9.80 Å². The molecule has 0 saturated carbocycles. The van der Waals surface area contributed by atoms with Crippen molar-refractivity contribution >= 4 is 16.7 Å². The fourth-order valence-corrected chi connectivity index (χ4v) is 3.66. The molecule has 0 radical (unpaired) electrons. The topological polar surface area (TPSA) is 67.2 Å². The highest BCUT2D eigenvalue weighted by Crippen LogP contribution is 2.22. The lowest BCUT2D eigenvalue weighted by molar-refractivity contribution is -0.134. The van der Waals surface area contributed by atoms with Crippen molar-refractivity contribution in [2.24, 2.45) is 7.05 Å². The third kappa shape index (κ3) is 3.68. The molecule has 27 heavy (non-hydrogen) atoms. The quantitative estimate of drug-likeness (QED) is 0.708. The van der Waals surface area contributed by atoms with Gasteiger partial charge in [-0.2, -0.15) is 5.10 Å². The van der Waals surface area contributed by atoms with Gasteiger partial charge in [0, 0.05) is 62.3 Å². The standard InChI is InChI=1S/C20H24N6O/c1-14-12-24(2)4-5-26(14)20(27)8-18-6-15-7-19(17-11-23-25(3)13-17)22-10-16(15)9-21-18/h6-7,9-11,13-14H,4-5,8,12H2,1-3H3/t14-/m0/s1. The molecule has 0 aromatic carbocycles. The van der Waals surface area contributed by atoms with E-state index in [1.807, 2.05) is 36.5 Å². The average molecular weight is 364 g/mol. The number of hydrogen-bond donors (Lipinski definition) is 0. The van der Waals surface area contributed by atoms with Crippen molar-refractivity contribution in [3.8, 4) is 11.3 Å². The Morgan fingerprint density at radius 2 is 1.93 bits per heavy atom. The molecule has 7 nitrogen and oxygen atoms in total. The highest BCUT2D eigenvalue weighted by Gasteiger charge is 2.25. The molecule has 1 saturated heterocycles. The van der Waals surface area contributed by atoms with Crippen LogP contribution in [-0.2, 0) is 18.3 Å². The summed E-state index contributed by atoms with van der Waals surface area (Å²) in [5.41, 5.74) is 2.63. The molecule has 7 heteroatoms. The molecule has 140 valence electrons. The lowest BCUT2D eigenvalue weighted by Gasteiger charge is -2.38. The van der Waals surface area contributed by atoms with E-state index in [2.05, 4.69) is 33.9 Å². The van der Waals surface area contributed by atoms with Gasteiger partial charge in [-0.15, -0.1) is 0 Å². The molecule has 0 spiro atoms. The highest BCUT2D eigenvalue weighted by atomic mass is 16.2. The van der Waals surface area contributed by atoms with Crippen molar-refractivity contribution in [3.05, 3.63) is 42.6 Å². The number of nitrogens with zero attached hydrogens (tertiary/aromatic N) is 6. The van der Waals surface area contributed by atoms with Gasteiger partial charge in [-0.05, 0) is 31.5 Å². The van der Waals surface area contributed by atoms with E-state index in [1.165, 1.54) is 0 Å². The van der Waals surface area contributed by atoms with E-state index in [0.717, 1.165) is 47.4 Å². The molecule has 0 aliphatic carbocycles. The second-order valence-corrected chi connectivity index (χ2v) is 7.37. The molecule has 1 amide bonds. The van der Waals surface area contributed by atoms with Gasteiger partial charge in [0.1, 0.15) is 0 Å². The zero-order valence-electron chi connectivity index (χ0n) is 16.0. The average Bonchev–Trinajstić information content (AvgIpc) is 3.07. The van der Waals surface area contributed by atoms with E-state index in [9.17, 15) is 4.79 Å². The lowest BCUT2D eigenvalue weighted by atomic mass is 10.1. The van der Waals surface area contributed by atoms with Gasteiger partial charge in [-0.25, -0.2) is 0 Å². The summed E-state index contributed by atoms with van der Waals surface area (Å²) in [6, 6.07) is 4.26. The molecule has 0 N–H and O–H groups in total. The monoisotopic (exact) mass is 364 g/mol. The van der Waals surface area contributed by atoms with Crippen LogP contribution in [0.1, 0.15) is 12.6 Å². The number of carbonyl (C=O) groups is 1. The number of fused-ring (bicyclic) bond motifs is 1. The third-order valence-corrected chi connectivity index (χ3v) is 5.14. The Bertz CT molecular complexity index is 982. The Labute approximate surface area is 158 Å². The number of piperazine rings is 1. The normalized spacial score (nSPS) is 18.2. The second kappa shape index (κ2) is 7.08. The lowest BCUT2D eigenvalue weighted by Crippen LogP contribution is -2.53. The van der Waals surface area contributed by atoms with Gasteiger partial charge in [-0.3, -0.25) is 19.4 Å². The minimum atomic E-state index is 0.143. The van der Waals surface area contributed by atoms with Gasteiger partial charge in [0.05, 0.1) is 24.0 Å². The second-order valence-electron chi connectivity index (χ2n) is 7.37. The molecule has 3 aromatic rings. The summed E-state index contributed by atoms with van der Waals surface area (Å²) in [4.78, 5) is 26.0. The van der Waals surface area contributed by atoms with Gasteiger partial charge in [0.2, 0.25) is 5.91 Å². The number of amides is 1. The van der Waals surface area contributed by atoms with Gasteiger partial charge >= 0.3 is 0 Å². The van der Waals surface area contributed by atoms with Crippen LogP contribution >= 0.6 is 0 Å². The smallest absolute Gasteiger partial charge is 0.228 e. The Kier molecular flexibility index (Phi) is 4.61. The van der Waals surface area contributed by atoms with Crippen molar-refractivity contribution in [1.82, 2.24) is 29.5 Å². The summed E-state index contributed by atoms with van der Waals surface area (Å²) in [5.74, 6) is 0.143. The molecule has 1 fully saturated rings. The number of carbonyl (C=O) groups excluding carboxylic acids is 1. The predicted octanol–water partition coefficient (Wildman–Crippen LogP) is 1.74. The maximum atomic E-state index is 12.8. The maximum absolute atomic E-state index is 12.8. The van der Waals surface area contributed by atoms with E-state index in [1.54, 1.807) is 17.1 Å². The van der Waals surface area contributed by atoms with Crippen LogP contribution in [0.15, 0.2) is 36.9 Å². The molecule has 4 rings (SSSR count). The van der Waals surface area contributed by atoms with Gasteiger partial charge in [-0.1, -0.05) is 0 Å². The van der Waals surface area contributed by atoms with Crippen LogP contribution in [0.2, 0.25) is 0 Å². The van der Waals surface area contributed by atoms with Crippen molar-refractivity contribution in [1.29, 1.82) is 0 Å². The molecule has 0 bridgehead atoms. The summed E-state index contributed by atoms with van der Waals surface area (Å²) in [5, 5.41) is 6.20. The van der Waals surface area contributed by atoms with E-state index in [4.69, 9.17) is 0 Å². The van der Waals surface area contributed by atoms with Crippen LogP contribution in [0, 0.1) is 0 Å². The first-order valence-corrected chi connectivity index (χ1v) is 9.21. The Morgan fingerprint density at radius 3 is 2.67 bits per heavy atom. The largest absolute Gasteiger partial charge is 0.337 e. The van der Waals surface area contributed by atoms with Crippen LogP contribution in [0.3, 0.4) is 0 Å². The fraction of sp³-hybridized carbons (Fsp3) is 0.400. The van der Waals surface area contributed by atoms with Crippen molar-refractivity contribution in [3.63, 3.8) is 0 Å². The summed E-state index contributed by atoms with van der Waals surface area (Å²) in [7, 11) is 3.98. The molecular weight excluding hydrogens is 340 g/mol. The van der Waals surface area contributed by atoms with Gasteiger partial charge in [0.15, 0.2) is 0 Å². The van der Waals surface area contributed by atoms with E-state index in [-0.39, 0.29) is 11.9 Å². The first kappa shape index (κ1) is 17.6. The molecule has 3 aromatic heterocycles. The maximum Gasteiger partial charge on any atom is 0.228 e. The SMILES string of the molecule is C[C@H]1CN(C)CCN1C(=O)Cc1cc2cc(-c3cnn(C)c3)ncc2cn1. The zero-order chi connectivity index (χ0) is 19.0. The number of likely N-dealkylation sites (N-methyl/N-ethyl adjacent to an activating group) is 1. The molecule has 1 aliphatic rings. The first-order chi connectivity index (χ1) is 13.0. The number of pyridine rings is 2. The van der Waals surface area contributed by atoms with Crippen LogP contribution < -0.4 is 0 Å². The Balaban J connectivity index is 1.56. The molecule has 1 aliphatic heterocycles. The van der Waals surface area contributed by atoms with Crippen molar-refractivity contribution in [2.45, 2.75) is 19.4 Å². The van der Waals surface area contributed by atoms with E-state index < -0.39 is 0 Å². The van der Waals surface area contributed by atoms with Crippen molar-refractivity contribution in [2.75, 3.05) is 26.7 Å². The molecule has 1 atom stereocenters. The van der Waals surface area contributed by atoms with Gasteiger partial charge in [0.25, 0.3) is 0 Å². The number of aromatic nitrogens is 4. The zero-order valence-corrected chi connectivity index (χ0v) is 16.0. The van der Waals surface area contributed by atoms with Crippen molar-refractivity contribution < 1.29 is 4.79 Å². The number of hydrogen-bond acceptors (Lipinski definition) is 5. The molecule has 0 unspecified atom stereocenters. The van der Waals surface area contributed by atoms with Crippen LogP contribution in [0.5, 0.6) is 0 Å². The van der Waals surface area contributed by atoms with Crippen LogP contribution in [0.4, 0.5) is 0 Å². The Morgan fingerprint density at radius 1 is 1.11 bits per heavy atom. The summed E-state index contributed by atoms with van der Waals surface area (Å²) in [6.45, 7) is 4.71. The first-order valence-electron chi connectivity index (χ1n) is 9.21. The number of aryl methyl sites for hydroxylation is 1. The highest BCUT2D eigenvalue weighted by molar-refractivity contribution is 5.86. The molecular formula is C20H24N6O. The minimum Gasteiger partial charge on any atom is -0.337 e. The summed E-state index contributed by atoms with van der Waals surface area (Å²) in [6.07, 6.45) is 7.68. The minimum absolute atomic E-state index is 0.143. The fourth-order valence-electron chi connectivity index (χ4n) is 3.66. The molecule has 4 heterocycles. The number of rotatable bonds is 3. The summed E-state index contributed by atoms with van der Waals surface area (Å²) >= 11 is 0. The van der Waals surface area contributed by atoms with Crippen LogP contribution in [-0.4, -0.2) is 68.2 Å². The van der Waals surface area contributed by atoms with E-state index >= 15 is 0 Å². The predicted molar refractivity (Wildman–Crippen MR) is 104 cm³/mol. The summed E-state index contributed by atoms with van der Waals surface area (Å²) < 4.78 is 1.76. The van der Waals surface area contributed by atoms with Crippen LogP contribution in [0.25, 0.3) is 22.0 Å². The Hall–Kier alpha value is -2.80.